The fourth-order valence-electron chi connectivity index (χ4n) is 3.27. The maximum absolute atomic E-state index is 11.3. The molecular weight excluding hydrogens is 290 g/mol. The van der Waals surface area contributed by atoms with Crippen LogP contribution in [-0.2, 0) is 15.6 Å². The Bertz CT molecular complexity index is 575. The van der Waals surface area contributed by atoms with E-state index in [-0.39, 0.29) is 22.9 Å². The van der Waals surface area contributed by atoms with Crippen LogP contribution in [0.1, 0.15) is 71.2 Å². The fourth-order valence-corrected chi connectivity index (χ4v) is 3.27. The molecule has 1 aromatic rings. The van der Waals surface area contributed by atoms with Crippen LogP contribution in [0.15, 0.2) is 12.1 Å². The van der Waals surface area contributed by atoms with Crippen LogP contribution in [0, 0.1) is 0 Å². The van der Waals surface area contributed by atoms with Gasteiger partial charge in [0.05, 0.1) is 18.2 Å². The van der Waals surface area contributed by atoms with Crippen molar-refractivity contribution < 1.29 is 15.0 Å². The molecule has 4 heteroatoms. The molecule has 0 aliphatic carbocycles. The third-order valence-corrected chi connectivity index (χ3v) is 4.82. The van der Waals surface area contributed by atoms with E-state index < -0.39 is 6.10 Å². The van der Waals surface area contributed by atoms with Gasteiger partial charge in [-0.15, -0.1) is 0 Å². The Morgan fingerprint density at radius 3 is 1.83 bits per heavy atom. The lowest BCUT2D eigenvalue weighted by Crippen LogP contribution is -2.59. The highest BCUT2D eigenvalue weighted by molar-refractivity contribution is 5.56. The Labute approximate surface area is 139 Å². The number of rotatable bonds is 2. The minimum Gasteiger partial charge on any atom is -0.507 e. The van der Waals surface area contributed by atoms with Gasteiger partial charge < -0.3 is 15.1 Å². The van der Waals surface area contributed by atoms with Gasteiger partial charge in [0.1, 0.15) is 5.75 Å². The predicted molar refractivity (Wildman–Crippen MR) is 91.6 cm³/mol. The van der Waals surface area contributed by atoms with E-state index in [9.17, 15) is 15.0 Å². The molecule has 1 saturated heterocycles. The molecule has 3 unspecified atom stereocenters. The molecule has 3 atom stereocenters. The number of hydrogen-bond acceptors (Lipinski definition) is 3. The van der Waals surface area contributed by atoms with Gasteiger partial charge in [-0.2, -0.15) is 0 Å². The summed E-state index contributed by atoms with van der Waals surface area (Å²) in [5.41, 5.74) is 2.11. The largest absolute Gasteiger partial charge is 0.507 e. The van der Waals surface area contributed by atoms with E-state index in [1.165, 1.54) is 0 Å². The van der Waals surface area contributed by atoms with E-state index >= 15 is 0 Å². The molecule has 1 aliphatic rings. The van der Waals surface area contributed by atoms with Crippen LogP contribution in [-0.4, -0.2) is 33.7 Å². The number of hydrogen-bond donors (Lipinski definition) is 2. The molecule has 2 rings (SSSR count). The van der Waals surface area contributed by atoms with Crippen LogP contribution in [0.3, 0.4) is 0 Å². The van der Waals surface area contributed by atoms with Crippen molar-refractivity contribution >= 4 is 6.41 Å². The van der Waals surface area contributed by atoms with Gasteiger partial charge in [-0.3, -0.25) is 4.79 Å². The second kappa shape index (κ2) is 5.52. The summed E-state index contributed by atoms with van der Waals surface area (Å²) in [7, 11) is 0. The van der Waals surface area contributed by atoms with Crippen molar-refractivity contribution in [3.8, 4) is 5.75 Å². The second-order valence-corrected chi connectivity index (χ2v) is 8.69. The zero-order valence-corrected chi connectivity index (χ0v) is 15.2. The minimum absolute atomic E-state index is 0.178. The van der Waals surface area contributed by atoms with E-state index in [4.69, 9.17) is 0 Å². The first-order chi connectivity index (χ1) is 10.4. The number of carbonyl (C=O) groups excluding carboxylic acids is 1. The summed E-state index contributed by atoms with van der Waals surface area (Å²) in [6.45, 7) is 14.1. The van der Waals surface area contributed by atoms with Gasteiger partial charge in [-0.25, -0.2) is 0 Å². The molecule has 1 aliphatic heterocycles. The Morgan fingerprint density at radius 1 is 1.04 bits per heavy atom. The molecule has 1 fully saturated rings. The van der Waals surface area contributed by atoms with Crippen molar-refractivity contribution in [3.05, 3.63) is 28.8 Å². The molecule has 0 aromatic heterocycles. The van der Waals surface area contributed by atoms with Crippen LogP contribution < -0.4 is 0 Å². The van der Waals surface area contributed by atoms with E-state index in [2.05, 4.69) is 41.5 Å². The van der Waals surface area contributed by atoms with E-state index in [1.807, 2.05) is 19.1 Å². The van der Waals surface area contributed by atoms with Crippen molar-refractivity contribution in [3.63, 3.8) is 0 Å². The van der Waals surface area contributed by atoms with Gasteiger partial charge >= 0.3 is 0 Å². The van der Waals surface area contributed by atoms with Gasteiger partial charge in [0.2, 0.25) is 6.41 Å². The average Bonchev–Trinajstić information content (AvgIpc) is 2.41. The highest BCUT2D eigenvalue weighted by atomic mass is 16.3. The first-order valence-electron chi connectivity index (χ1n) is 8.18. The maximum atomic E-state index is 11.3. The highest BCUT2D eigenvalue weighted by Gasteiger charge is 2.45. The summed E-state index contributed by atoms with van der Waals surface area (Å²) in [6, 6.07) is 3.34. The molecule has 2 N–H and O–H groups in total. The first kappa shape index (κ1) is 17.8. The number of amides is 1. The lowest BCUT2D eigenvalue weighted by atomic mass is 9.75. The van der Waals surface area contributed by atoms with Crippen LogP contribution in [0.5, 0.6) is 5.75 Å². The third kappa shape index (κ3) is 2.97. The molecule has 0 radical (unpaired) electrons. The number of phenols is 1. The number of benzene rings is 1. The van der Waals surface area contributed by atoms with Crippen LogP contribution >= 0.6 is 0 Å². The molecule has 1 heterocycles. The van der Waals surface area contributed by atoms with Crippen molar-refractivity contribution in [1.82, 2.24) is 4.90 Å². The fraction of sp³-hybridized carbons (Fsp3) is 0.632. The molecule has 23 heavy (non-hydrogen) atoms. The van der Waals surface area contributed by atoms with Gasteiger partial charge in [-0.1, -0.05) is 41.5 Å². The maximum Gasteiger partial charge on any atom is 0.210 e. The quantitative estimate of drug-likeness (QED) is 0.823. The molecule has 1 amide bonds. The molecule has 0 spiro atoms. The number of likely N-dealkylation sites (tertiary alicyclic amines) is 1. The predicted octanol–water partition coefficient (Wildman–Crippen LogP) is 3.25. The van der Waals surface area contributed by atoms with Gasteiger partial charge in [-0.05, 0) is 46.6 Å². The van der Waals surface area contributed by atoms with Crippen molar-refractivity contribution in [2.45, 2.75) is 77.5 Å². The molecule has 1 aromatic carbocycles. The number of aromatic hydroxyl groups is 1. The summed E-state index contributed by atoms with van der Waals surface area (Å²) >= 11 is 0. The lowest BCUT2D eigenvalue weighted by molar-refractivity contribution is -0.150. The number of nitrogens with zero attached hydrogens (tertiary/aromatic N) is 1. The zero-order chi connectivity index (χ0) is 17.7. The normalized spacial score (nSPS) is 25.2. The van der Waals surface area contributed by atoms with Crippen LogP contribution in [0.2, 0.25) is 0 Å². The lowest BCUT2D eigenvalue weighted by Gasteiger charge is -2.50. The van der Waals surface area contributed by atoms with Gasteiger partial charge in [0.15, 0.2) is 0 Å². The summed E-state index contributed by atoms with van der Waals surface area (Å²) in [4.78, 5) is 13.0. The molecule has 0 bridgehead atoms. The van der Waals surface area contributed by atoms with E-state index in [1.54, 1.807) is 4.90 Å². The van der Waals surface area contributed by atoms with Gasteiger partial charge in [0.25, 0.3) is 0 Å². The number of aliphatic hydroxyl groups is 1. The van der Waals surface area contributed by atoms with Crippen LogP contribution in [0.25, 0.3) is 0 Å². The Hall–Kier alpha value is -1.55. The summed E-state index contributed by atoms with van der Waals surface area (Å²) < 4.78 is 0. The summed E-state index contributed by atoms with van der Waals surface area (Å²) in [5.74, 6) is 0.313. The van der Waals surface area contributed by atoms with Crippen molar-refractivity contribution in [2.75, 3.05) is 0 Å². The minimum atomic E-state index is -0.578. The molecule has 0 saturated carbocycles. The molecule has 128 valence electrons. The summed E-state index contributed by atoms with van der Waals surface area (Å²) in [6.07, 6.45) is 0.216. The number of aliphatic hydroxyl groups excluding tert-OH is 1. The zero-order valence-electron chi connectivity index (χ0n) is 15.2. The van der Waals surface area contributed by atoms with Crippen molar-refractivity contribution in [1.29, 1.82) is 0 Å². The third-order valence-electron chi connectivity index (χ3n) is 4.82. The van der Waals surface area contributed by atoms with Crippen molar-refractivity contribution in [2.24, 2.45) is 0 Å². The van der Waals surface area contributed by atoms with E-state index in [0.717, 1.165) is 23.1 Å². The SMILES string of the molecule is CC1C(O)C(c2cc(C(C)(C)C)c(O)c(C(C)(C)C)c2)N1C=O. The Kier molecular flexibility index (Phi) is 4.27. The van der Waals surface area contributed by atoms with Crippen LogP contribution in [0.4, 0.5) is 0 Å². The smallest absolute Gasteiger partial charge is 0.210 e. The topological polar surface area (TPSA) is 60.8 Å². The Morgan fingerprint density at radius 2 is 1.48 bits per heavy atom. The highest BCUT2D eigenvalue weighted by Crippen LogP contribution is 2.45. The summed E-state index contributed by atoms with van der Waals surface area (Å²) in [5, 5.41) is 21.1. The van der Waals surface area contributed by atoms with Gasteiger partial charge in [0, 0.05) is 0 Å². The number of phenolic OH excluding ortho intramolecular Hbond substituents is 1. The molecule has 4 nitrogen and oxygen atoms in total. The number of carbonyl (C=O) groups is 1. The molecular formula is C19H29NO3. The monoisotopic (exact) mass is 319 g/mol. The first-order valence-corrected chi connectivity index (χ1v) is 8.18. The van der Waals surface area contributed by atoms with E-state index in [0.29, 0.717) is 5.75 Å². The second-order valence-electron chi connectivity index (χ2n) is 8.69. The standard InChI is InChI=1S/C19H29NO3/c1-11-16(22)15(20(11)10-21)12-8-13(18(2,3)4)17(23)14(9-12)19(5,6)7/h8-11,15-16,22-23H,1-7H3. The average molecular weight is 319 g/mol. The Balaban J connectivity index is 2.64.